The Kier molecular flexibility index (Phi) is 5.37. The minimum atomic E-state index is -3.78. The van der Waals surface area contributed by atoms with E-state index in [1.807, 2.05) is 0 Å². The van der Waals surface area contributed by atoms with Crippen LogP contribution in [-0.2, 0) is 10.0 Å². The topological polar surface area (TPSA) is 116 Å². The summed E-state index contributed by atoms with van der Waals surface area (Å²) in [5.74, 6) is -0.574. The van der Waals surface area contributed by atoms with Crippen LogP contribution >= 0.6 is 0 Å². The lowest BCUT2D eigenvalue weighted by molar-refractivity contribution is -0.384. The van der Waals surface area contributed by atoms with E-state index in [1.165, 1.54) is 48.5 Å². The highest BCUT2D eigenvalue weighted by atomic mass is 32.2. The van der Waals surface area contributed by atoms with Crippen molar-refractivity contribution in [1.82, 2.24) is 0 Å². The summed E-state index contributed by atoms with van der Waals surface area (Å²) in [5.41, 5.74) is 0.418. The van der Waals surface area contributed by atoms with Crippen molar-refractivity contribution in [2.45, 2.75) is 4.90 Å². The number of ether oxygens (including phenoxy) is 1. The number of nitrogens with one attached hydrogen (secondary N) is 1. The molecule has 3 aromatic carbocycles. The Morgan fingerprint density at radius 2 is 1.50 bits per heavy atom. The Balaban J connectivity index is 1.70. The highest BCUT2D eigenvalue weighted by Crippen LogP contribution is 2.20. The second-order valence-corrected chi connectivity index (χ2v) is 7.32. The van der Waals surface area contributed by atoms with Gasteiger partial charge >= 0.3 is 5.97 Å². The highest BCUT2D eigenvalue weighted by molar-refractivity contribution is 7.92. The molecule has 1 N–H and O–H groups in total. The van der Waals surface area contributed by atoms with Gasteiger partial charge in [0.1, 0.15) is 5.75 Å². The third kappa shape index (κ3) is 4.51. The minimum absolute atomic E-state index is 0.00601. The molecule has 0 amide bonds. The molecule has 8 nitrogen and oxygen atoms in total. The number of carbonyl (C=O) groups is 1. The molecule has 0 aromatic heterocycles. The normalized spacial score (nSPS) is 10.9. The predicted molar refractivity (Wildman–Crippen MR) is 102 cm³/mol. The number of rotatable bonds is 6. The lowest BCUT2D eigenvalue weighted by Gasteiger charge is -2.09. The van der Waals surface area contributed by atoms with Gasteiger partial charge in [-0.3, -0.25) is 14.8 Å². The molecule has 0 spiro atoms. The molecular formula is C19H14N2O6S. The maximum atomic E-state index is 12.4. The van der Waals surface area contributed by atoms with Crippen molar-refractivity contribution < 1.29 is 22.9 Å². The van der Waals surface area contributed by atoms with Crippen LogP contribution in [-0.4, -0.2) is 19.3 Å². The quantitative estimate of drug-likeness (QED) is 0.293. The van der Waals surface area contributed by atoms with E-state index < -0.39 is 20.9 Å². The number of nitrogens with zero attached hydrogens (tertiary/aromatic N) is 1. The number of benzene rings is 3. The molecule has 3 aromatic rings. The second-order valence-electron chi connectivity index (χ2n) is 5.64. The Morgan fingerprint density at radius 3 is 2.07 bits per heavy atom. The van der Waals surface area contributed by atoms with E-state index in [0.717, 1.165) is 0 Å². The number of nitro benzene ring substituents is 1. The number of anilines is 1. The summed E-state index contributed by atoms with van der Waals surface area (Å²) in [7, 11) is -3.78. The summed E-state index contributed by atoms with van der Waals surface area (Å²) in [5, 5.41) is 10.6. The van der Waals surface area contributed by atoms with Gasteiger partial charge in [-0.2, -0.15) is 0 Å². The smallest absolute Gasteiger partial charge is 0.343 e. The average molecular weight is 398 g/mol. The number of sulfonamides is 1. The summed E-state index contributed by atoms with van der Waals surface area (Å²) >= 11 is 0. The van der Waals surface area contributed by atoms with Crippen LogP contribution in [0, 0.1) is 10.1 Å². The molecule has 0 atom stereocenters. The van der Waals surface area contributed by atoms with Crippen LogP contribution in [0.3, 0.4) is 0 Å². The molecule has 0 heterocycles. The van der Waals surface area contributed by atoms with Crippen LogP contribution in [0.4, 0.5) is 11.4 Å². The minimum Gasteiger partial charge on any atom is -0.423 e. The zero-order valence-corrected chi connectivity index (χ0v) is 15.1. The molecule has 9 heteroatoms. The van der Waals surface area contributed by atoms with E-state index in [9.17, 15) is 23.3 Å². The number of hydrogen-bond acceptors (Lipinski definition) is 6. The van der Waals surface area contributed by atoms with Crippen LogP contribution in [0.1, 0.15) is 10.4 Å². The molecule has 0 aliphatic carbocycles. The molecule has 0 saturated heterocycles. The summed E-state index contributed by atoms with van der Waals surface area (Å²) in [6.45, 7) is 0. The van der Waals surface area contributed by atoms with Crippen molar-refractivity contribution in [3.05, 3.63) is 94.5 Å². The Bertz CT molecular complexity index is 1100. The first-order valence-electron chi connectivity index (χ1n) is 8.00. The number of non-ortho nitro benzene ring substituents is 1. The summed E-state index contributed by atoms with van der Waals surface area (Å²) in [6, 6.07) is 18.7. The number of nitro groups is 1. The van der Waals surface area contributed by atoms with Crippen LogP contribution in [0.25, 0.3) is 0 Å². The van der Waals surface area contributed by atoms with E-state index >= 15 is 0 Å². The van der Waals surface area contributed by atoms with Gasteiger partial charge in [-0.25, -0.2) is 13.2 Å². The Labute approximate surface area is 160 Å². The molecule has 0 aliphatic heterocycles. The van der Waals surface area contributed by atoms with E-state index in [-0.39, 0.29) is 21.9 Å². The molecular weight excluding hydrogens is 384 g/mol. The van der Waals surface area contributed by atoms with Crippen molar-refractivity contribution >= 4 is 27.4 Å². The van der Waals surface area contributed by atoms with Crippen molar-refractivity contribution in [3.8, 4) is 5.75 Å². The van der Waals surface area contributed by atoms with Crippen molar-refractivity contribution in [2.75, 3.05) is 4.72 Å². The van der Waals surface area contributed by atoms with Gasteiger partial charge in [0.05, 0.1) is 15.4 Å². The largest absolute Gasteiger partial charge is 0.423 e. The van der Waals surface area contributed by atoms with Gasteiger partial charge in [-0.05, 0) is 48.5 Å². The molecule has 0 bridgehead atoms. The van der Waals surface area contributed by atoms with E-state index in [2.05, 4.69) is 4.72 Å². The van der Waals surface area contributed by atoms with Crippen LogP contribution < -0.4 is 9.46 Å². The molecule has 0 aliphatic rings. The molecule has 28 heavy (non-hydrogen) atoms. The van der Waals surface area contributed by atoms with Crippen LogP contribution in [0.15, 0.2) is 83.8 Å². The molecule has 0 radical (unpaired) electrons. The maximum Gasteiger partial charge on any atom is 0.343 e. The van der Waals surface area contributed by atoms with Gasteiger partial charge in [0.25, 0.3) is 15.7 Å². The summed E-state index contributed by atoms with van der Waals surface area (Å²) in [6.07, 6.45) is 0. The first-order chi connectivity index (χ1) is 13.3. The lowest BCUT2D eigenvalue weighted by atomic mass is 10.2. The molecule has 0 fully saturated rings. The molecule has 3 rings (SSSR count). The van der Waals surface area contributed by atoms with Gasteiger partial charge in [0.2, 0.25) is 0 Å². The maximum absolute atomic E-state index is 12.4. The van der Waals surface area contributed by atoms with Gasteiger partial charge in [-0.15, -0.1) is 0 Å². The van der Waals surface area contributed by atoms with Gasteiger partial charge in [-0.1, -0.05) is 18.2 Å². The Morgan fingerprint density at radius 1 is 0.893 bits per heavy atom. The first kappa shape index (κ1) is 19.1. The zero-order chi connectivity index (χ0) is 20.1. The lowest BCUT2D eigenvalue weighted by Crippen LogP contribution is -2.13. The van der Waals surface area contributed by atoms with Crippen molar-refractivity contribution in [2.24, 2.45) is 0 Å². The molecule has 0 saturated carbocycles. The standard InChI is InChI=1S/C19H14N2O6S/c22-19(14-6-8-16(9-7-14)21(23)24)27-17-10-12-18(13-11-17)28(25,26)20-15-4-2-1-3-5-15/h1-13,20H. The van der Waals surface area contributed by atoms with Gasteiger partial charge in [0.15, 0.2) is 0 Å². The van der Waals surface area contributed by atoms with Gasteiger partial charge < -0.3 is 4.74 Å². The van der Waals surface area contributed by atoms with Crippen LogP contribution in [0.2, 0.25) is 0 Å². The average Bonchev–Trinajstić information content (AvgIpc) is 2.69. The first-order valence-corrected chi connectivity index (χ1v) is 9.48. The predicted octanol–water partition coefficient (Wildman–Crippen LogP) is 3.61. The fraction of sp³-hybridized carbons (Fsp3) is 0. The number of para-hydroxylation sites is 1. The number of carbonyl (C=O) groups excluding carboxylic acids is 1. The molecule has 142 valence electrons. The fourth-order valence-electron chi connectivity index (χ4n) is 2.29. The Hall–Kier alpha value is -3.72. The zero-order valence-electron chi connectivity index (χ0n) is 14.3. The fourth-order valence-corrected chi connectivity index (χ4v) is 3.35. The summed E-state index contributed by atoms with van der Waals surface area (Å²) in [4.78, 5) is 22.2. The summed E-state index contributed by atoms with van der Waals surface area (Å²) < 4.78 is 32.3. The highest BCUT2D eigenvalue weighted by Gasteiger charge is 2.15. The molecule has 0 unspecified atom stereocenters. The van der Waals surface area contributed by atoms with Crippen LogP contribution in [0.5, 0.6) is 5.75 Å². The van der Waals surface area contributed by atoms with E-state index in [4.69, 9.17) is 4.74 Å². The monoisotopic (exact) mass is 398 g/mol. The SMILES string of the molecule is O=C(Oc1ccc(S(=O)(=O)Nc2ccccc2)cc1)c1ccc([N+](=O)[O-])cc1. The second kappa shape index (κ2) is 7.89. The number of esters is 1. The van der Waals surface area contributed by atoms with Crippen molar-refractivity contribution in [1.29, 1.82) is 0 Å². The third-order valence-electron chi connectivity index (χ3n) is 3.68. The van der Waals surface area contributed by atoms with E-state index in [1.54, 1.807) is 30.3 Å². The third-order valence-corrected chi connectivity index (χ3v) is 5.08. The number of hydrogen-bond donors (Lipinski definition) is 1. The van der Waals surface area contributed by atoms with Crippen molar-refractivity contribution in [3.63, 3.8) is 0 Å². The van der Waals surface area contributed by atoms with E-state index in [0.29, 0.717) is 5.69 Å². The van der Waals surface area contributed by atoms with Gasteiger partial charge in [0, 0.05) is 17.8 Å².